The van der Waals surface area contributed by atoms with Gasteiger partial charge < -0.3 is 4.57 Å². The zero-order valence-corrected chi connectivity index (χ0v) is 26.7. The summed E-state index contributed by atoms with van der Waals surface area (Å²) in [6.07, 6.45) is 5.16. The lowest BCUT2D eigenvalue weighted by atomic mass is 9.98. The van der Waals surface area contributed by atoms with Crippen molar-refractivity contribution in [1.82, 2.24) is 19.5 Å². The molecule has 0 spiro atoms. The first kappa shape index (κ1) is 28.7. The van der Waals surface area contributed by atoms with E-state index in [0.29, 0.717) is 17.5 Å². The maximum Gasteiger partial charge on any atom is 0.164 e. The molecule has 49 heavy (non-hydrogen) atoms. The Bertz CT molecular complexity index is 2510. The second-order valence-electron chi connectivity index (χ2n) is 12.2. The summed E-state index contributed by atoms with van der Waals surface area (Å²) in [6.45, 7) is 0.854. The maximum absolute atomic E-state index is 5.01. The van der Waals surface area contributed by atoms with Crippen molar-refractivity contribution in [1.29, 1.82) is 0 Å². The van der Waals surface area contributed by atoms with Crippen LogP contribution in [0.3, 0.4) is 0 Å². The van der Waals surface area contributed by atoms with Crippen molar-refractivity contribution in [2.24, 2.45) is 4.99 Å². The number of rotatable bonds is 6. The van der Waals surface area contributed by atoms with E-state index in [1.54, 1.807) is 0 Å². The largest absolute Gasteiger partial charge is 0.309 e. The van der Waals surface area contributed by atoms with E-state index in [4.69, 9.17) is 15.0 Å². The SMILES string of the molecule is C1=NCCC=C1c1ccc(-c2nc(-c3ccccc3)nc(-c3ccc(-c4cccc5c4c4ccccc4n5-c4ccccc4)cc3)n2)cc1. The molecule has 0 N–H and O–H groups in total. The van der Waals surface area contributed by atoms with E-state index in [0.717, 1.165) is 52.0 Å². The Balaban J connectivity index is 1.13. The molecule has 0 aliphatic carbocycles. The highest BCUT2D eigenvalue weighted by Crippen LogP contribution is 2.39. The Hall–Kier alpha value is -6.46. The maximum atomic E-state index is 5.01. The van der Waals surface area contributed by atoms with Gasteiger partial charge in [0.25, 0.3) is 0 Å². The summed E-state index contributed by atoms with van der Waals surface area (Å²) >= 11 is 0. The van der Waals surface area contributed by atoms with Crippen LogP contribution in [0.5, 0.6) is 0 Å². The summed E-state index contributed by atoms with van der Waals surface area (Å²) in [6, 6.07) is 52.9. The number of allylic oxidation sites excluding steroid dienone is 1. The van der Waals surface area contributed by atoms with Crippen LogP contribution in [0.2, 0.25) is 0 Å². The highest BCUT2D eigenvalue weighted by molar-refractivity contribution is 6.15. The molecule has 0 saturated heterocycles. The number of fused-ring (bicyclic) bond motifs is 3. The van der Waals surface area contributed by atoms with Crippen molar-refractivity contribution in [3.05, 3.63) is 163 Å². The molecule has 1 aliphatic rings. The average molecular weight is 630 g/mol. The molecule has 1 aliphatic heterocycles. The van der Waals surface area contributed by atoms with Gasteiger partial charge in [0.15, 0.2) is 17.5 Å². The fourth-order valence-electron chi connectivity index (χ4n) is 6.78. The van der Waals surface area contributed by atoms with Gasteiger partial charge in [-0.1, -0.05) is 133 Å². The molecule has 232 valence electrons. The van der Waals surface area contributed by atoms with E-state index in [9.17, 15) is 0 Å². The molecule has 5 heteroatoms. The summed E-state index contributed by atoms with van der Waals surface area (Å²) in [5, 5.41) is 2.47. The minimum absolute atomic E-state index is 0.639. The van der Waals surface area contributed by atoms with Gasteiger partial charge in [0, 0.05) is 45.9 Å². The summed E-state index contributed by atoms with van der Waals surface area (Å²) < 4.78 is 2.35. The third-order valence-corrected chi connectivity index (χ3v) is 9.16. The molecule has 0 radical (unpaired) electrons. The molecule has 0 unspecified atom stereocenters. The van der Waals surface area contributed by atoms with Crippen molar-refractivity contribution in [3.63, 3.8) is 0 Å². The van der Waals surface area contributed by atoms with Crippen LogP contribution in [0.25, 0.3) is 78.4 Å². The molecular formula is C44H31N5. The molecule has 0 fully saturated rings. The normalized spacial score (nSPS) is 12.8. The van der Waals surface area contributed by atoms with Gasteiger partial charge >= 0.3 is 0 Å². The number of benzene rings is 6. The number of hydrogen-bond donors (Lipinski definition) is 0. The van der Waals surface area contributed by atoms with E-state index in [2.05, 4.69) is 137 Å². The van der Waals surface area contributed by atoms with Gasteiger partial charge in [0.2, 0.25) is 0 Å². The second-order valence-corrected chi connectivity index (χ2v) is 12.2. The number of hydrogen-bond acceptors (Lipinski definition) is 4. The van der Waals surface area contributed by atoms with Crippen molar-refractivity contribution in [2.45, 2.75) is 6.42 Å². The standard InChI is InChI=1S/C44H31N5/c1-3-11-32(12-4-1)42-46-43(33-24-20-30(21-25-33)35-13-10-28-45-29-35)48-44(47-42)34-26-22-31(23-27-34)37-17-9-19-40-41(37)38-16-7-8-18-39(38)49(40)36-14-5-2-6-15-36/h1-9,11-27,29H,10,28H2. The molecule has 0 saturated carbocycles. The number of dihydropyridines is 1. The lowest BCUT2D eigenvalue weighted by molar-refractivity contribution is 1.01. The van der Waals surface area contributed by atoms with Gasteiger partial charge in [-0.15, -0.1) is 0 Å². The number of aromatic nitrogens is 4. The second kappa shape index (κ2) is 12.3. The van der Waals surface area contributed by atoms with Crippen molar-refractivity contribution < 1.29 is 0 Å². The van der Waals surface area contributed by atoms with Crippen LogP contribution in [0, 0.1) is 0 Å². The Morgan fingerprint density at radius 1 is 0.449 bits per heavy atom. The van der Waals surface area contributed by atoms with Crippen LogP contribution < -0.4 is 0 Å². The van der Waals surface area contributed by atoms with E-state index >= 15 is 0 Å². The number of aliphatic imine (C=N–C) groups is 1. The fourth-order valence-corrected chi connectivity index (χ4v) is 6.78. The Morgan fingerprint density at radius 2 is 1.00 bits per heavy atom. The van der Waals surface area contributed by atoms with Gasteiger partial charge in [-0.05, 0) is 52.9 Å². The first-order valence-corrected chi connectivity index (χ1v) is 16.6. The van der Waals surface area contributed by atoms with Crippen molar-refractivity contribution in [3.8, 4) is 51.0 Å². The van der Waals surface area contributed by atoms with Crippen LogP contribution in [0.1, 0.15) is 12.0 Å². The third-order valence-electron chi connectivity index (χ3n) is 9.16. The minimum Gasteiger partial charge on any atom is -0.309 e. The van der Waals surface area contributed by atoms with Gasteiger partial charge in [0.05, 0.1) is 11.0 Å². The van der Waals surface area contributed by atoms with Gasteiger partial charge in [-0.2, -0.15) is 0 Å². The third kappa shape index (κ3) is 5.31. The monoisotopic (exact) mass is 629 g/mol. The van der Waals surface area contributed by atoms with E-state index < -0.39 is 0 Å². The zero-order chi connectivity index (χ0) is 32.6. The topological polar surface area (TPSA) is 56.0 Å². The van der Waals surface area contributed by atoms with Crippen molar-refractivity contribution >= 4 is 33.6 Å². The molecule has 3 heterocycles. The quantitative estimate of drug-likeness (QED) is 0.184. The molecule has 0 amide bonds. The van der Waals surface area contributed by atoms with Crippen LogP contribution in [-0.4, -0.2) is 32.3 Å². The van der Waals surface area contributed by atoms with Gasteiger partial charge in [-0.3, -0.25) is 4.99 Å². The Morgan fingerprint density at radius 3 is 1.65 bits per heavy atom. The molecule has 9 rings (SSSR count). The van der Waals surface area contributed by atoms with Crippen LogP contribution >= 0.6 is 0 Å². The summed E-state index contributed by atoms with van der Waals surface area (Å²) in [7, 11) is 0. The molecule has 0 bridgehead atoms. The summed E-state index contributed by atoms with van der Waals surface area (Å²) in [5.74, 6) is 1.93. The molecule has 0 atom stereocenters. The summed E-state index contributed by atoms with van der Waals surface area (Å²) in [4.78, 5) is 19.4. The van der Waals surface area contributed by atoms with E-state index in [1.165, 1.54) is 27.4 Å². The smallest absolute Gasteiger partial charge is 0.164 e. The van der Waals surface area contributed by atoms with Gasteiger partial charge in [0.1, 0.15) is 0 Å². The predicted molar refractivity (Wildman–Crippen MR) is 202 cm³/mol. The summed E-state index contributed by atoms with van der Waals surface area (Å²) in [5.41, 5.74) is 11.0. The Labute approximate surface area is 284 Å². The highest BCUT2D eigenvalue weighted by atomic mass is 15.0. The predicted octanol–water partition coefficient (Wildman–Crippen LogP) is 10.5. The fraction of sp³-hybridized carbons (Fsp3) is 0.0455. The molecule has 2 aromatic heterocycles. The molecule has 5 nitrogen and oxygen atoms in total. The average Bonchev–Trinajstić information content (AvgIpc) is 3.53. The van der Waals surface area contributed by atoms with E-state index in [1.807, 2.05) is 36.5 Å². The number of para-hydroxylation sites is 2. The zero-order valence-electron chi connectivity index (χ0n) is 26.7. The minimum atomic E-state index is 0.639. The Kier molecular flexibility index (Phi) is 7.21. The number of nitrogens with zero attached hydrogens (tertiary/aromatic N) is 5. The highest BCUT2D eigenvalue weighted by Gasteiger charge is 2.17. The molecule has 6 aromatic carbocycles. The van der Waals surface area contributed by atoms with Crippen LogP contribution in [0.15, 0.2) is 163 Å². The van der Waals surface area contributed by atoms with E-state index in [-0.39, 0.29) is 0 Å². The van der Waals surface area contributed by atoms with Gasteiger partial charge in [-0.25, -0.2) is 15.0 Å². The van der Waals surface area contributed by atoms with Crippen LogP contribution in [-0.2, 0) is 0 Å². The van der Waals surface area contributed by atoms with Crippen molar-refractivity contribution in [2.75, 3.05) is 6.54 Å². The van der Waals surface area contributed by atoms with Crippen LogP contribution in [0.4, 0.5) is 0 Å². The lowest BCUT2D eigenvalue weighted by Gasteiger charge is -2.11. The molecule has 8 aromatic rings. The first-order valence-electron chi connectivity index (χ1n) is 16.6. The molecular weight excluding hydrogens is 599 g/mol. The lowest BCUT2D eigenvalue weighted by Crippen LogP contribution is -2.00. The first-order chi connectivity index (χ1) is 24.3.